The van der Waals surface area contributed by atoms with Gasteiger partial charge < -0.3 is 19.9 Å². The van der Waals surface area contributed by atoms with Crippen molar-refractivity contribution < 1.29 is 41.7 Å². The molecule has 150 valence electrons. The average molecular weight is 422 g/mol. The van der Waals surface area contributed by atoms with Crippen LogP contribution in [-0.4, -0.2) is 30.0 Å². The van der Waals surface area contributed by atoms with Gasteiger partial charge in [0.05, 0.1) is 17.2 Å². The fraction of sp³-hybridized carbons (Fsp3) is 0.176. The van der Waals surface area contributed by atoms with Crippen LogP contribution in [0.5, 0.6) is 11.5 Å². The van der Waals surface area contributed by atoms with Crippen LogP contribution in [-0.2, 0) is 0 Å². The Hall–Kier alpha value is -3.01. The van der Waals surface area contributed by atoms with Crippen LogP contribution in [0.3, 0.4) is 0 Å². The number of carboxylic acids is 1. The highest BCUT2D eigenvalue weighted by molar-refractivity contribution is 6.32. The molecular weight excluding hydrogens is 410 g/mol. The summed E-state index contributed by atoms with van der Waals surface area (Å²) in [5.41, 5.74) is -1.05. The SMILES string of the molecule is CCOc1c(Cl)cc(C(=O)Nc2ccc(C(=O)O)c(F)c2)cc1OC(F)(F)F. The van der Waals surface area contributed by atoms with Gasteiger partial charge >= 0.3 is 12.3 Å². The third kappa shape index (κ3) is 5.26. The van der Waals surface area contributed by atoms with Crippen LogP contribution >= 0.6 is 11.6 Å². The lowest BCUT2D eigenvalue weighted by Gasteiger charge is -2.16. The number of hydrogen-bond acceptors (Lipinski definition) is 4. The summed E-state index contributed by atoms with van der Waals surface area (Å²) in [4.78, 5) is 23.1. The van der Waals surface area contributed by atoms with Crippen molar-refractivity contribution in [2.24, 2.45) is 0 Å². The van der Waals surface area contributed by atoms with Crippen LogP contribution in [0, 0.1) is 5.82 Å². The quantitative estimate of drug-likeness (QED) is 0.659. The average Bonchev–Trinajstić information content (AvgIpc) is 2.56. The van der Waals surface area contributed by atoms with Crippen molar-refractivity contribution in [2.75, 3.05) is 11.9 Å². The highest BCUT2D eigenvalue weighted by Crippen LogP contribution is 2.39. The number of nitrogens with one attached hydrogen (secondary N) is 1. The van der Waals surface area contributed by atoms with E-state index in [2.05, 4.69) is 10.1 Å². The Morgan fingerprint density at radius 1 is 1.21 bits per heavy atom. The van der Waals surface area contributed by atoms with E-state index in [1.807, 2.05) is 0 Å². The van der Waals surface area contributed by atoms with Crippen LogP contribution in [0.4, 0.5) is 23.2 Å². The molecule has 0 aliphatic carbocycles. The predicted molar refractivity (Wildman–Crippen MR) is 90.6 cm³/mol. The third-order valence-corrected chi connectivity index (χ3v) is 3.52. The molecule has 0 fully saturated rings. The molecule has 2 aromatic carbocycles. The summed E-state index contributed by atoms with van der Waals surface area (Å²) in [5.74, 6) is -4.74. The number of carbonyl (C=O) groups excluding carboxylic acids is 1. The van der Waals surface area contributed by atoms with Crippen molar-refractivity contribution >= 4 is 29.2 Å². The summed E-state index contributed by atoms with van der Waals surface area (Å²) >= 11 is 5.89. The molecule has 2 aromatic rings. The molecule has 0 bridgehead atoms. The van der Waals surface area contributed by atoms with Gasteiger partial charge in [0.15, 0.2) is 11.5 Å². The van der Waals surface area contributed by atoms with Crippen LogP contribution in [0.1, 0.15) is 27.6 Å². The number of anilines is 1. The zero-order valence-electron chi connectivity index (χ0n) is 14.1. The lowest BCUT2D eigenvalue weighted by Crippen LogP contribution is -2.19. The Morgan fingerprint density at radius 3 is 2.43 bits per heavy atom. The molecule has 0 radical (unpaired) electrons. The largest absolute Gasteiger partial charge is 0.573 e. The number of benzene rings is 2. The molecule has 0 atom stereocenters. The summed E-state index contributed by atoms with van der Waals surface area (Å²) in [6.45, 7) is 1.51. The second-order valence-corrected chi connectivity index (χ2v) is 5.63. The summed E-state index contributed by atoms with van der Waals surface area (Å²) in [5, 5.41) is 10.7. The number of carboxylic acid groups (broad SMARTS) is 1. The Bertz CT molecular complexity index is 917. The fourth-order valence-electron chi connectivity index (χ4n) is 2.15. The van der Waals surface area contributed by atoms with Gasteiger partial charge in [-0.3, -0.25) is 4.79 Å². The number of rotatable bonds is 6. The van der Waals surface area contributed by atoms with Gasteiger partial charge in [-0.15, -0.1) is 13.2 Å². The fourth-order valence-corrected chi connectivity index (χ4v) is 2.42. The standard InChI is InChI=1S/C17H12ClF4NO5/c1-2-27-14-11(18)5-8(6-13(14)28-17(20,21)22)15(24)23-9-3-4-10(16(25)26)12(19)7-9/h3-7H,2H2,1H3,(H,23,24)(H,25,26). The minimum Gasteiger partial charge on any atom is -0.488 e. The first-order chi connectivity index (χ1) is 13.0. The van der Waals surface area contributed by atoms with Gasteiger partial charge in [0.2, 0.25) is 0 Å². The van der Waals surface area contributed by atoms with Gasteiger partial charge in [-0.25, -0.2) is 9.18 Å². The highest BCUT2D eigenvalue weighted by Gasteiger charge is 2.33. The Kier molecular flexibility index (Phi) is 6.34. The van der Waals surface area contributed by atoms with Crippen LogP contribution < -0.4 is 14.8 Å². The summed E-state index contributed by atoms with van der Waals surface area (Å²) in [6, 6.07) is 4.61. The number of halogens is 5. The van der Waals surface area contributed by atoms with E-state index in [0.29, 0.717) is 0 Å². The van der Waals surface area contributed by atoms with Crippen LogP contribution in [0.2, 0.25) is 5.02 Å². The van der Waals surface area contributed by atoms with Gasteiger partial charge in [0, 0.05) is 11.3 Å². The second kappa shape index (κ2) is 8.34. The maximum Gasteiger partial charge on any atom is 0.573 e. The smallest absolute Gasteiger partial charge is 0.488 e. The van der Waals surface area contributed by atoms with E-state index in [9.17, 15) is 27.2 Å². The van der Waals surface area contributed by atoms with E-state index >= 15 is 0 Å². The maximum atomic E-state index is 13.7. The third-order valence-electron chi connectivity index (χ3n) is 3.24. The molecule has 6 nitrogen and oxygen atoms in total. The zero-order chi connectivity index (χ0) is 21.1. The maximum absolute atomic E-state index is 13.7. The van der Waals surface area contributed by atoms with Crippen molar-refractivity contribution in [3.05, 3.63) is 52.3 Å². The van der Waals surface area contributed by atoms with Crippen LogP contribution in [0.25, 0.3) is 0 Å². The molecule has 2 N–H and O–H groups in total. The molecule has 0 aliphatic heterocycles. The first kappa shape index (κ1) is 21.3. The monoisotopic (exact) mass is 421 g/mol. The first-order valence-electron chi connectivity index (χ1n) is 7.58. The van der Waals surface area contributed by atoms with Crippen molar-refractivity contribution in [2.45, 2.75) is 13.3 Å². The molecule has 0 saturated carbocycles. The Balaban J connectivity index is 2.34. The molecule has 0 aliphatic rings. The molecule has 0 unspecified atom stereocenters. The highest BCUT2D eigenvalue weighted by atomic mass is 35.5. The lowest BCUT2D eigenvalue weighted by molar-refractivity contribution is -0.275. The van der Waals surface area contributed by atoms with Gasteiger partial charge in [-0.05, 0) is 37.3 Å². The van der Waals surface area contributed by atoms with Crippen molar-refractivity contribution in [3.63, 3.8) is 0 Å². The molecule has 0 saturated heterocycles. The topological polar surface area (TPSA) is 84.9 Å². The minimum absolute atomic E-state index is 0.00527. The second-order valence-electron chi connectivity index (χ2n) is 5.22. The zero-order valence-corrected chi connectivity index (χ0v) is 14.8. The van der Waals surface area contributed by atoms with Crippen molar-refractivity contribution in [1.29, 1.82) is 0 Å². The van der Waals surface area contributed by atoms with Crippen molar-refractivity contribution in [1.82, 2.24) is 0 Å². The van der Waals surface area contributed by atoms with Gasteiger partial charge in [-0.1, -0.05) is 11.6 Å². The van der Waals surface area contributed by atoms with E-state index in [1.165, 1.54) is 6.92 Å². The number of alkyl halides is 3. The van der Waals surface area contributed by atoms with E-state index in [4.69, 9.17) is 21.4 Å². The molecule has 11 heteroatoms. The minimum atomic E-state index is -5.06. The molecule has 0 spiro atoms. The Labute approximate surface area is 160 Å². The number of amides is 1. The Morgan fingerprint density at radius 2 is 1.89 bits per heavy atom. The lowest BCUT2D eigenvalue weighted by atomic mass is 10.1. The van der Waals surface area contributed by atoms with Gasteiger partial charge in [-0.2, -0.15) is 0 Å². The van der Waals surface area contributed by atoms with E-state index in [-0.39, 0.29) is 22.9 Å². The predicted octanol–water partition coefficient (Wildman–Crippen LogP) is 4.73. The number of hydrogen-bond donors (Lipinski definition) is 2. The number of aromatic carboxylic acids is 1. The number of ether oxygens (including phenoxy) is 2. The summed E-state index contributed by atoms with van der Waals surface area (Å²) < 4.78 is 60.4. The van der Waals surface area contributed by atoms with Crippen molar-refractivity contribution in [3.8, 4) is 11.5 Å². The van der Waals surface area contributed by atoms with E-state index in [1.54, 1.807) is 0 Å². The normalized spacial score (nSPS) is 11.1. The summed E-state index contributed by atoms with van der Waals surface area (Å²) in [6.07, 6.45) is -5.06. The molecule has 2 rings (SSSR count). The van der Waals surface area contributed by atoms with Gasteiger partial charge in [0.1, 0.15) is 5.82 Å². The molecule has 28 heavy (non-hydrogen) atoms. The molecule has 0 aromatic heterocycles. The van der Waals surface area contributed by atoms with E-state index < -0.39 is 41.1 Å². The molecular formula is C17H12ClF4NO5. The molecule has 0 heterocycles. The molecule has 1 amide bonds. The van der Waals surface area contributed by atoms with Gasteiger partial charge in [0.25, 0.3) is 5.91 Å². The van der Waals surface area contributed by atoms with E-state index in [0.717, 1.165) is 30.3 Å². The number of carbonyl (C=O) groups is 2. The van der Waals surface area contributed by atoms with Crippen LogP contribution in [0.15, 0.2) is 30.3 Å². The summed E-state index contributed by atoms with van der Waals surface area (Å²) in [7, 11) is 0. The first-order valence-corrected chi connectivity index (χ1v) is 7.96.